The van der Waals surface area contributed by atoms with Gasteiger partial charge in [-0.1, -0.05) is 23.4 Å². The van der Waals surface area contributed by atoms with Crippen LogP contribution in [0.1, 0.15) is 0 Å². The van der Waals surface area contributed by atoms with Crippen LogP contribution in [0.3, 0.4) is 0 Å². The van der Waals surface area contributed by atoms with Crippen LogP contribution in [0.5, 0.6) is 0 Å². The third-order valence-corrected chi connectivity index (χ3v) is 3.61. The number of fused-ring (bicyclic) bond motifs is 1. The van der Waals surface area contributed by atoms with Gasteiger partial charge in [0, 0.05) is 21.0 Å². The average molecular weight is 278 g/mol. The molecule has 2 aromatic heterocycles. The van der Waals surface area contributed by atoms with E-state index in [0.29, 0.717) is 16.2 Å². The number of hydrogen-bond acceptors (Lipinski definition) is 3. The number of aromatic nitrogens is 3. The Bertz CT molecular complexity index is 748. The summed E-state index contributed by atoms with van der Waals surface area (Å²) in [5.41, 5.74) is 1.03. The van der Waals surface area contributed by atoms with Crippen molar-refractivity contribution in [3.63, 3.8) is 0 Å². The van der Waals surface area contributed by atoms with Gasteiger partial charge < -0.3 is 4.98 Å². The lowest BCUT2D eigenvalue weighted by Crippen LogP contribution is -1.99. The zero-order valence-corrected chi connectivity index (χ0v) is 10.7. The van der Waals surface area contributed by atoms with Crippen LogP contribution in [-0.4, -0.2) is 15.0 Å². The number of nitrogens with one attached hydrogen (secondary N) is 2. The summed E-state index contributed by atoms with van der Waals surface area (Å²) in [4.78, 5) is 22.6. The van der Waals surface area contributed by atoms with E-state index in [1.807, 2.05) is 30.3 Å². The van der Waals surface area contributed by atoms with E-state index in [1.165, 1.54) is 0 Å². The first-order valence-electron chi connectivity index (χ1n) is 5.22. The Balaban J connectivity index is 1.94. The molecule has 0 saturated heterocycles. The molecule has 0 spiro atoms. The van der Waals surface area contributed by atoms with Crippen molar-refractivity contribution >= 4 is 34.5 Å². The van der Waals surface area contributed by atoms with Crippen molar-refractivity contribution in [2.75, 3.05) is 0 Å². The molecule has 0 atom stereocenters. The Labute approximate surface area is 111 Å². The van der Waals surface area contributed by atoms with Crippen LogP contribution < -0.4 is 5.69 Å². The standard InChI is InChI=1S/C12H8ClN3OS/c13-7-1-3-8(4-2-7)18-9-5-10-11(14-6-9)16-12(17)15-10/h1-6H,(H2,14,15,16,17). The van der Waals surface area contributed by atoms with Crippen LogP contribution in [0.2, 0.25) is 5.02 Å². The molecule has 2 heterocycles. The average Bonchev–Trinajstić information content (AvgIpc) is 2.71. The van der Waals surface area contributed by atoms with Gasteiger partial charge in [0.05, 0.1) is 5.52 Å². The maximum atomic E-state index is 11.1. The minimum absolute atomic E-state index is 0.244. The zero-order valence-electron chi connectivity index (χ0n) is 9.11. The topological polar surface area (TPSA) is 61.5 Å². The first-order valence-corrected chi connectivity index (χ1v) is 6.42. The molecule has 0 unspecified atom stereocenters. The van der Waals surface area contributed by atoms with E-state index in [0.717, 1.165) is 9.79 Å². The molecule has 3 aromatic rings. The van der Waals surface area contributed by atoms with Gasteiger partial charge in [0.2, 0.25) is 0 Å². The van der Waals surface area contributed by atoms with Gasteiger partial charge in [-0.3, -0.25) is 4.98 Å². The Hall–Kier alpha value is -1.72. The van der Waals surface area contributed by atoms with Crippen LogP contribution >= 0.6 is 23.4 Å². The monoisotopic (exact) mass is 277 g/mol. The van der Waals surface area contributed by atoms with E-state index < -0.39 is 0 Å². The molecule has 4 nitrogen and oxygen atoms in total. The second-order valence-corrected chi connectivity index (χ2v) is 5.29. The lowest BCUT2D eigenvalue weighted by Gasteiger charge is -2.01. The predicted molar refractivity (Wildman–Crippen MR) is 72.3 cm³/mol. The summed E-state index contributed by atoms with van der Waals surface area (Å²) in [5.74, 6) is 0. The van der Waals surface area contributed by atoms with Crippen LogP contribution in [-0.2, 0) is 0 Å². The number of rotatable bonds is 2. The van der Waals surface area contributed by atoms with Gasteiger partial charge >= 0.3 is 5.69 Å². The highest BCUT2D eigenvalue weighted by Crippen LogP contribution is 2.28. The van der Waals surface area contributed by atoms with Crippen LogP contribution in [0, 0.1) is 0 Å². The molecule has 0 fully saturated rings. The summed E-state index contributed by atoms with van der Waals surface area (Å²) in [7, 11) is 0. The van der Waals surface area contributed by atoms with E-state index in [1.54, 1.807) is 18.0 Å². The lowest BCUT2D eigenvalue weighted by atomic mass is 10.4. The molecule has 0 bridgehead atoms. The third kappa shape index (κ3) is 2.27. The number of aromatic amines is 2. The number of halogens is 1. The van der Waals surface area contributed by atoms with Gasteiger partial charge in [0.25, 0.3) is 0 Å². The first kappa shape index (κ1) is 11.4. The van der Waals surface area contributed by atoms with Crippen molar-refractivity contribution in [3.05, 3.63) is 52.0 Å². The van der Waals surface area contributed by atoms with Crippen LogP contribution in [0.25, 0.3) is 11.2 Å². The van der Waals surface area contributed by atoms with Gasteiger partial charge in [0.1, 0.15) is 0 Å². The molecule has 90 valence electrons. The molecular formula is C12H8ClN3OS. The fourth-order valence-corrected chi connectivity index (χ4v) is 2.55. The molecule has 2 N–H and O–H groups in total. The summed E-state index contributed by atoms with van der Waals surface area (Å²) >= 11 is 7.39. The van der Waals surface area contributed by atoms with Crippen molar-refractivity contribution in [1.82, 2.24) is 15.0 Å². The molecule has 6 heteroatoms. The first-order chi connectivity index (χ1) is 8.70. The second kappa shape index (κ2) is 4.51. The highest BCUT2D eigenvalue weighted by molar-refractivity contribution is 7.99. The predicted octanol–water partition coefficient (Wildman–Crippen LogP) is 3.06. The molecular weight excluding hydrogens is 270 g/mol. The summed E-state index contributed by atoms with van der Waals surface area (Å²) < 4.78 is 0. The van der Waals surface area contributed by atoms with Gasteiger partial charge in [-0.15, -0.1) is 0 Å². The molecule has 3 rings (SSSR count). The number of H-pyrrole nitrogens is 2. The van der Waals surface area contributed by atoms with Gasteiger partial charge in [-0.2, -0.15) is 0 Å². The van der Waals surface area contributed by atoms with Crippen molar-refractivity contribution in [3.8, 4) is 0 Å². The highest BCUT2D eigenvalue weighted by Gasteiger charge is 2.03. The number of imidazole rings is 1. The summed E-state index contributed by atoms with van der Waals surface area (Å²) in [6, 6.07) is 9.45. The van der Waals surface area contributed by atoms with Crippen molar-refractivity contribution in [2.24, 2.45) is 0 Å². The van der Waals surface area contributed by atoms with Crippen molar-refractivity contribution < 1.29 is 0 Å². The second-order valence-electron chi connectivity index (χ2n) is 3.70. The Morgan fingerprint density at radius 1 is 1.11 bits per heavy atom. The lowest BCUT2D eigenvalue weighted by molar-refractivity contribution is 1.20. The van der Waals surface area contributed by atoms with E-state index in [2.05, 4.69) is 15.0 Å². The minimum atomic E-state index is -0.244. The Morgan fingerprint density at radius 2 is 1.89 bits per heavy atom. The summed E-state index contributed by atoms with van der Waals surface area (Å²) in [5, 5.41) is 0.711. The maximum absolute atomic E-state index is 11.1. The van der Waals surface area contributed by atoms with Crippen molar-refractivity contribution in [1.29, 1.82) is 0 Å². The highest BCUT2D eigenvalue weighted by atomic mass is 35.5. The normalized spacial score (nSPS) is 10.9. The number of hydrogen-bond donors (Lipinski definition) is 2. The largest absolute Gasteiger partial charge is 0.325 e. The zero-order chi connectivity index (χ0) is 12.5. The third-order valence-electron chi connectivity index (χ3n) is 2.39. The number of nitrogens with zero attached hydrogens (tertiary/aromatic N) is 1. The van der Waals surface area contributed by atoms with Gasteiger partial charge in [0.15, 0.2) is 5.65 Å². The van der Waals surface area contributed by atoms with Crippen LogP contribution in [0.4, 0.5) is 0 Å². The molecule has 1 aromatic carbocycles. The molecule has 0 saturated carbocycles. The summed E-state index contributed by atoms with van der Waals surface area (Å²) in [6.07, 6.45) is 1.73. The Kier molecular flexibility index (Phi) is 2.85. The van der Waals surface area contributed by atoms with Gasteiger partial charge in [-0.25, -0.2) is 9.78 Å². The van der Waals surface area contributed by atoms with Crippen molar-refractivity contribution in [2.45, 2.75) is 9.79 Å². The molecule has 0 aliphatic heterocycles. The number of benzene rings is 1. The summed E-state index contributed by atoms with van der Waals surface area (Å²) in [6.45, 7) is 0. The molecule has 18 heavy (non-hydrogen) atoms. The quantitative estimate of drug-likeness (QED) is 0.757. The minimum Gasteiger partial charge on any atom is -0.304 e. The van der Waals surface area contributed by atoms with Crippen LogP contribution in [0.15, 0.2) is 51.1 Å². The van der Waals surface area contributed by atoms with Gasteiger partial charge in [-0.05, 0) is 30.3 Å². The fraction of sp³-hybridized carbons (Fsp3) is 0. The Morgan fingerprint density at radius 3 is 2.67 bits per heavy atom. The maximum Gasteiger partial charge on any atom is 0.325 e. The van der Waals surface area contributed by atoms with E-state index in [9.17, 15) is 4.79 Å². The molecule has 0 radical (unpaired) electrons. The SMILES string of the molecule is O=c1[nH]c2cc(Sc3ccc(Cl)cc3)cnc2[nH]1. The van der Waals surface area contributed by atoms with E-state index in [-0.39, 0.29) is 5.69 Å². The smallest absolute Gasteiger partial charge is 0.304 e. The molecule has 0 aliphatic rings. The molecule has 0 aliphatic carbocycles. The van der Waals surface area contributed by atoms with E-state index in [4.69, 9.17) is 11.6 Å². The van der Waals surface area contributed by atoms with E-state index >= 15 is 0 Å². The fourth-order valence-electron chi connectivity index (χ4n) is 1.60. The number of pyridine rings is 1. The molecule has 0 amide bonds.